The van der Waals surface area contributed by atoms with E-state index < -0.39 is 0 Å². The standard InChI is InChI=1S/C13H24N2O2.ClH/c1-2-8-15(11-6-7-14-10-11)13(16)12-5-3-4-9-17-12;/h11-12,14H,2-10H2,1H3;1H. The van der Waals surface area contributed by atoms with Gasteiger partial charge in [0.2, 0.25) is 0 Å². The zero-order valence-electron chi connectivity index (χ0n) is 11.2. The Hall–Kier alpha value is -0.320. The van der Waals surface area contributed by atoms with Gasteiger partial charge < -0.3 is 15.0 Å². The lowest BCUT2D eigenvalue weighted by atomic mass is 10.1. The maximum absolute atomic E-state index is 12.4. The molecule has 106 valence electrons. The van der Waals surface area contributed by atoms with Crippen molar-refractivity contribution >= 4 is 18.3 Å². The van der Waals surface area contributed by atoms with E-state index in [0.717, 1.165) is 58.3 Å². The van der Waals surface area contributed by atoms with Gasteiger partial charge in [0.15, 0.2) is 0 Å². The van der Waals surface area contributed by atoms with E-state index in [1.165, 1.54) is 0 Å². The lowest BCUT2D eigenvalue weighted by molar-refractivity contribution is -0.148. The van der Waals surface area contributed by atoms with E-state index >= 15 is 0 Å². The van der Waals surface area contributed by atoms with Gasteiger partial charge in [-0.1, -0.05) is 6.92 Å². The molecule has 1 N–H and O–H groups in total. The van der Waals surface area contributed by atoms with Gasteiger partial charge in [0, 0.05) is 25.7 Å². The number of hydrogen-bond donors (Lipinski definition) is 1. The molecule has 2 unspecified atom stereocenters. The summed E-state index contributed by atoms with van der Waals surface area (Å²) in [5, 5.41) is 3.33. The van der Waals surface area contributed by atoms with Crippen LogP contribution in [0.4, 0.5) is 0 Å². The highest BCUT2D eigenvalue weighted by Gasteiger charge is 2.32. The molecule has 0 radical (unpaired) electrons. The first-order chi connectivity index (χ1) is 8.33. The Morgan fingerprint density at radius 3 is 2.78 bits per heavy atom. The zero-order chi connectivity index (χ0) is 12.1. The molecule has 4 nitrogen and oxygen atoms in total. The van der Waals surface area contributed by atoms with Gasteiger partial charge >= 0.3 is 0 Å². The summed E-state index contributed by atoms with van der Waals surface area (Å²) >= 11 is 0. The van der Waals surface area contributed by atoms with Crippen LogP contribution in [0.2, 0.25) is 0 Å². The molecule has 0 aromatic heterocycles. The zero-order valence-corrected chi connectivity index (χ0v) is 12.0. The predicted molar refractivity (Wildman–Crippen MR) is 74.1 cm³/mol. The molecule has 2 fully saturated rings. The average molecular weight is 277 g/mol. The largest absolute Gasteiger partial charge is 0.368 e. The van der Waals surface area contributed by atoms with Gasteiger partial charge in [0.1, 0.15) is 6.10 Å². The first-order valence-electron chi connectivity index (χ1n) is 6.95. The second kappa shape index (κ2) is 7.97. The molecule has 5 heteroatoms. The van der Waals surface area contributed by atoms with Crippen LogP contribution in [0.1, 0.15) is 39.0 Å². The van der Waals surface area contributed by atoms with E-state index in [4.69, 9.17) is 4.74 Å². The van der Waals surface area contributed by atoms with Gasteiger partial charge in [-0.05, 0) is 38.6 Å². The highest BCUT2D eigenvalue weighted by atomic mass is 35.5. The summed E-state index contributed by atoms with van der Waals surface area (Å²) in [4.78, 5) is 14.5. The lowest BCUT2D eigenvalue weighted by Crippen LogP contribution is -2.48. The van der Waals surface area contributed by atoms with Crippen molar-refractivity contribution in [2.75, 3.05) is 26.2 Å². The van der Waals surface area contributed by atoms with Crippen molar-refractivity contribution in [1.29, 1.82) is 0 Å². The summed E-state index contributed by atoms with van der Waals surface area (Å²) in [6, 6.07) is 0.382. The van der Waals surface area contributed by atoms with Crippen LogP contribution in [0.25, 0.3) is 0 Å². The van der Waals surface area contributed by atoms with Crippen LogP contribution in [0.15, 0.2) is 0 Å². The highest BCUT2D eigenvalue weighted by molar-refractivity contribution is 5.85. The Morgan fingerprint density at radius 1 is 1.39 bits per heavy atom. The topological polar surface area (TPSA) is 41.6 Å². The summed E-state index contributed by atoms with van der Waals surface area (Å²) in [6.07, 6.45) is 5.06. The fourth-order valence-electron chi connectivity index (χ4n) is 2.74. The molecule has 18 heavy (non-hydrogen) atoms. The number of ether oxygens (including phenoxy) is 1. The molecule has 0 saturated carbocycles. The number of nitrogens with one attached hydrogen (secondary N) is 1. The van der Waals surface area contributed by atoms with Crippen LogP contribution >= 0.6 is 12.4 Å². The summed E-state index contributed by atoms with van der Waals surface area (Å²) < 4.78 is 5.61. The molecule has 2 atom stereocenters. The number of rotatable bonds is 4. The molecule has 0 bridgehead atoms. The Balaban J connectivity index is 0.00000162. The molecule has 2 rings (SSSR count). The van der Waals surface area contributed by atoms with Gasteiger partial charge in [-0.3, -0.25) is 4.79 Å². The minimum absolute atomic E-state index is 0. The number of nitrogens with zero attached hydrogens (tertiary/aromatic N) is 1. The van der Waals surface area contributed by atoms with Gasteiger partial charge in [-0.25, -0.2) is 0 Å². The summed E-state index contributed by atoms with van der Waals surface area (Å²) in [5.74, 6) is 0.222. The summed E-state index contributed by atoms with van der Waals surface area (Å²) in [6.45, 7) is 5.72. The SMILES string of the molecule is CCCN(C(=O)C1CCCCO1)C1CCNC1.Cl. The van der Waals surface area contributed by atoms with Gasteiger partial charge in [0.05, 0.1) is 0 Å². The Bertz CT molecular complexity index is 251. The van der Waals surface area contributed by atoms with E-state index in [1.54, 1.807) is 0 Å². The lowest BCUT2D eigenvalue weighted by Gasteiger charge is -2.33. The van der Waals surface area contributed by atoms with Crippen molar-refractivity contribution in [1.82, 2.24) is 10.2 Å². The number of halogens is 1. The van der Waals surface area contributed by atoms with Crippen LogP contribution in [0.5, 0.6) is 0 Å². The van der Waals surface area contributed by atoms with Crippen molar-refractivity contribution in [3.05, 3.63) is 0 Å². The van der Waals surface area contributed by atoms with Gasteiger partial charge in [-0.2, -0.15) is 0 Å². The molecule has 0 aromatic rings. The van der Waals surface area contributed by atoms with E-state index in [9.17, 15) is 4.79 Å². The maximum Gasteiger partial charge on any atom is 0.251 e. The number of carbonyl (C=O) groups excluding carboxylic acids is 1. The Kier molecular flexibility index (Phi) is 6.97. The van der Waals surface area contributed by atoms with Crippen LogP contribution in [-0.4, -0.2) is 49.2 Å². The van der Waals surface area contributed by atoms with Crippen molar-refractivity contribution in [2.24, 2.45) is 0 Å². The second-order valence-electron chi connectivity index (χ2n) is 5.03. The first kappa shape index (κ1) is 15.7. The molecule has 1 amide bonds. The third-order valence-corrected chi connectivity index (χ3v) is 3.68. The Morgan fingerprint density at radius 2 is 2.22 bits per heavy atom. The van der Waals surface area contributed by atoms with E-state index in [-0.39, 0.29) is 24.4 Å². The molecule has 0 spiro atoms. The van der Waals surface area contributed by atoms with Crippen molar-refractivity contribution < 1.29 is 9.53 Å². The van der Waals surface area contributed by atoms with Crippen molar-refractivity contribution in [3.8, 4) is 0 Å². The van der Waals surface area contributed by atoms with Crippen molar-refractivity contribution in [3.63, 3.8) is 0 Å². The van der Waals surface area contributed by atoms with E-state index in [2.05, 4.69) is 17.1 Å². The van der Waals surface area contributed by atoms with Crippen LogP contribution in [0, 0.1) is 0 Å². The number of carbonyl (C=O) groups is 1. The second-order valence-corrected chi connectivity index (χ2v) is 5.03. The Labute approximate surface area is 116 Å². The average Bonchev–Trinajstić information content (AvgIpc) is 2.90. The fourth-order valence-corrected chi connectivity index (χ4v) is 2.74. The normalized spacial score (nSPS) is 27.6. The predicted octanol–water partition coefficient (Wildman–Crippen LogP) is 1.58. The van der Waals surface area contributed by atoms with Gasteiger partial charge in [-0.15, -0.1) is 12.4 Å². The summed E-state index contributed by atoms with van der Waals surface area (Å²) in [7, 11) is 0. The quantitative estimate of drug-likeness (QED) is 0.848. The van der Waals surface area contributed by atoms with E-state index in [0.29, 0.717) is 6.04 Å². The molecular formula is C13H25ClN2O2. The molecule has 2 heterocycles. The minimum atomic E-state index is -0.170. The van der Waals surface area contributed by atoms with E-state index in [1.807, 2.05) is 0 Å². The van der Waals surface area contributed by atoms with Crippen LogP contribution in [0.3, 0.4) is 0 Å². The van der Waals surface area contributed by atoms with Crippen LogP contribution < -0.4 is 5.32 Å². The molecule has 2 saturated heterocycles. The molecule has 2 aliphatic rings. The maximum atomic E-state index is 12.4. The smallest absolute Gasteiger partial charge is 0.251 e. The summed E-state index contributed by atoms with van der Waals surface area (Å²) in [5.41, 5.74) is 0. The molecule has 2 aliphatic heterocycles. The molecule has 0 aromatic carbocycles. The van der Waals surface area contributed by atoms with Gasteiger partial charge in [0.25, 0.3) is 5.91 Å². The highest BCUT2D eigenvalue weighted by Crippen LogP contribution is 2.18. The molecular weight excluding hydrogens is 252 g/mol. The van der Waals surface area contributed by atoms with Crippen LogP contribution in [-0.2, 0) is 9.53 Å². The first-order valence-corrected chi connectivity index (χ1v) is 6.95. The third-order valence-electron chi connectivity index (χ3n) is 3.68. The number of hydrogen-bond acceptors (Lipinski definition) is 3. The molecule has 0 aliphatic carbocycles. The monoisotopic (exact) mass is 276 g/mol. The fraction of sp³-hybridized carbons (Fsp3) is 0.923. The minimum Gasteiger partial charge on any atom is -0.368 e. The number of amides is 1. The third kappa shape index (κ3) is 3.84. The van der Waals surface area contributed by atoms with Crippen molar-refractivity contribution in [2.45, 2.75) is 51.2 Å².